The minimum absolute atomic E-state index is 0.108. The van der Waals surface area contributed by atoms with Gasteiger partial charge in [-0.2, -0.15) is 5.10 Å². The third-order valence-electron chi connectivity index (χ3n) is 5.14. The molecule has 0 radical (unpaired) electrons. The number of nitrogens with zero attached hydrogens (tertiary/aromatic N) is 5. The molecule has 0 bridgehead atoms. The molecule has 2 heterocycles. The minimum Gasteiger partial charge on any atom is -0.310 e. The van der Waals surface area contributed by atoms with Gasteiger partial charge in [0.2, 0.25) is 5.91 Å². The van der Waals surface area contributed by atoms with Gasteiger partial charge < -0.3 is 9.88 Å². The normalized spacial score (nSPS) is 13.3. The highest BCUT2D eigenvalue weighted by Crippen LogP contribution is 2.37. The molecule has 2 aromatic carbocycles. The molecule has 156 valence electrons. The van der Waals surface area contributed by atoms with Gasteiger partial charge in [-0.3, -0.25) is 4.79 Å². The first-order valence-corrected chi connectivity index (χ1v) is 11.2. The highest BCUT2D eigenvalue weighted by Gasteiger charge is 2.26. The highest BCUT2D eigenvalue weighted by molar-refractivity contribution is 7.99. The van der Waals surface area contributed by atoms with Crippen LogP contribution >= 0.6 is 11.8 Å². The molecule has 1 amide bonds. The van der Waals surface area contributed by atoms with Crippen molar-refractivity contribution in [3.63, 3.8) is 0 Å². The first-order valence-electron chi connectivity index (χ1n) is 10.2. The fraction of sp³-hybridized carbons (Fsp3) is 0.217. The Hall–Kier alpha value is -3.39. The molecule has 0 spiro atoms. The van der Waals surface area contributed by atoms with Crippen molar-refractivity contribution in [3.05, 3.63) is 72.6 Å². The third-order valence-corrected chi connectivity index (χ3v) is 6.09. The van der Waals surface area contributed by atoms with E-state index in [2.05, 4.69) is 39.1 Å². The standard InChI is InChI=1S/C23H22N6OS/c1-16-7-9-17(10-8-16)20-13-21(29(27-20)19-5-3-2-4-6-19)25-22(30)14-31-23-26-24-15-28(23)18-11-12-18/h2-10,13,15,18H,11-12,14H2,1H3,(H,25,30). The lowest BCUT2D eigenvalue weighted by atomic mass is 10.1. The molecule has 1 aliphatic rings. The van der Waals surface area contributed by atoms with E-state index in [0.29, 0.717) is 11.9 Å². The number of thioether (sulfide) groups is 1. The fourth-order valence-electron chi connectivity index (χ4n) is 3.35. The number of hydrogen-bond donors (Lipinski definition) is 1. The second-order valence-corrected chi connectivity index (χ2v) is 8.56. The summed E-state index contributed by atoms with van der Waals surface area (Å²) in [6.45, 7) is 2.06. The molecular formula is C23H22N6OS. The van der Waals surface area contributed by atoms with Crippen LogP contribution in [-0.4, -0.2) is 36.2 Å². The summed E-state index contributed by atoms with van der Waals surface area (Å²) in [5, 5.41) is 16.7. The summed E-state index contributed by atoms with van der Waals surface area (Å²) < 4.78 is 3.83. The molecule has 0 unspecified atom stereocenters. The third kappa shape index (κ3) is 4.39. The van der Waals surface area contributed by atoms with E-state index >= 15 is 0 Å². The zero-order valence-electron chi connectivity index (χ0n) is 17.1. The molecule has 0 atom stereocenters. The molecule has 1 fully saturated rings. The minimum atomic E-state index is -0.108. The van der Waals surface area contributed by atoms with Crippen LogP contribution in [0.1, 0.15) is 24.4 Å². The molecule has 0 aliphatic heterocycles. The Kier molecular flexibility index (Phi) is 5.30. The van der Waals surface area contributed by atoms with Gasteiger partial charge in [0.05, 0.1) is 17.1 Å². The lowest BCUT2D eigenvalue weighted by Crippen LogP contribution is -2.17. The summed E-state index contributed by atoms with van der Waals surface area (Å²) in [7, 11) is 0. The van der Waals surface area contributed by atoms with Gasteiger partial charge in [-0.15, -0.1) is 10.2 Å². The van der Waals surface area contributed by atoms with Crippen molar-refractivity contribution in [3.8, 4) is 16.9 Å². The van der Waals surface area contributed by atoms with Gasteiger partial charge in [0.1, 0.15) is 12.1 Å². The van der Waals surface area contributed by atoms with Crippen molar-refractivity contribution < 1.29 is 4.79 Å². The second-order valence-electron chi connectivity index (χ2n) is 7.62. The molecule has 7 nitrogen and oxygen atoms in total. The Morgan fingerprint density at radius 3 is 2.65 bits per heavy atom. The quantitative estimate of drug-likeness (QED) is 0.437. The van der Waals surface area contributed by atoms with Crippen molar-refractivity contribution in [2.75, 3.05) is 11.1 Å². The van der Waals surface area contributed by atoms with Gasteiger partial charge in [-0.25, -0.2) is 4.68 Å². The monoisotopic (exact) mass is 430 g/mol. The summed E-state index contributed by atoms with van der Waals surface area (Å²) in [4.78, 5) is 12.7. The van der Waals surface area contributed by atoms with Gasteiger partial charge in [0, 0.05) is 17.7 Å². The van der Waals surface area contributed by atoms with E-state index in [1.165, 1.54) is 17.3 Å². The predicted molar refractivity (Wildman–Crippen MR) is 121 cm³/mol. The van der Waals surface area contributed by atoms with Crippen LogP contribution in [0.25, 0.3) is 16.9 Å². The molecule has 5 rings (SSSR count). The number of nitrogens with one attached hydrogen (secondary N) is 1. The SMILES string of the molecule is Cc1ccc(-c2cc(NC(=O)CSc3nncn3C3CC3)n(-c3ccccc3)n2)cc1. The van der Waals surface area contributed by atoms with E-state index in [1.54, 1.807) is 11.0 Å². The van der Waals surface area contributed by atoms with Crippen molar-refractivity contribution in [1.82, 2.24) is 24.5 Å². The van der Waals surface area contributed by atoms with Crippen molar-refractivity contribution >= 4 is 23.5 Å². The van der Waals surface area contributed by atoms with Crippen LogP contribution < -0.4 is 5.32 Å². The number of carbonyl (C=O) groups excluding carboxylic acids is 1. The van der Waals surface area contributed by atoms with Crippen LogP contribution in [0, 0.1) is 6.92 Å². The van der Waals surface area contributed by atoms with Gasteiger partial charge in [0.25, 0.3) is 0 Å². The summed E-state index contributed by atoms with van der Waals surface area (Å²) in [5.41, 5.74) is 3.89. The van der Waals surface area contributed by atoms with Crippen LogP contribution in [0.15, 0.2) is 72.1 Å². The number of benzene rings is 2. The van der Waals surface area contributed by atoms with Crippen LogP contribution in [0.2, 0.25) is 0 Å². The summed E-state index contributed by atoms with van der Waals surface area (Å²) in [6.07, 6.45) is 4.04. The number of aromatic nitrogens is 5. The Labute approximate surface area is 184 Å². The summed E-state index contributed by atoms with van der Waals surface area (Å²) in [6, 6.07) is 20.4. The van der Waals surface area contributed by atoms with Gasteiger partial charge in [-0.1, -0.05) is 59.8 Å². The summed E-state index contributed by atoms with van der Waals surface area (Å²) in [5.74, 6) is 0.782. The average Bonchev–Trinajstić information content (AvgIpc) is 3.38. The maximum absolute atomic E-state index is 12.7. The van der Waals surface area contributed by atoms with Crippen LogP contribution in [0.4, 0.5) is 5.82 Å². The summed E-state index contributed by atoms with van der Waals surface area (Å²) >= 11 is 1.40. The molecule has 0 saturated heterocycles. The van der Waals surface area contributed by atoms with Crippen molar-refractivity contribution in [2.45, 2.75) is 31.0 Å². The van der Waals surface area contributed by atoms with Crippen molar-refractivity contribution in [2.24, 2.45) is 0 Å². The van der Waals surface area contributed by atoms with Crippen molar-refractivity contribution in [1.29, 1.82) is 0 Å². The Morgan fingerprint density at radius 2 is 1.90 bits per heavy atom. The molecular weight excluding hydrogens is 408 g/mol. The fourth-order valence-corrected chi connectivity index (χ4v) is 4.13. The first-order chi connectivity index (χ1) is 15.2. The number of rotatable bonds is 7. The number of para-hydroxylation sites is 1. The number of hydrogen-bond acceptors (Lipinski definition) is 5. The highest BCUT2D eigenvalue weighted by atomic mass is 32.2. The Bertz CT molecular complexity index is 1190. The van der Waals surface area contributed by atoms with E-state index in [1.807, 2.05) is 48.5 Å². The zero-order chi connectivity index (χ0) is 21.2. The number of aryl methyl sites for hydroxylation is 1. The molecule has 4 aromatic rings. The molecule has 31 heavy (non-hydrogen) atoms. The van der Waals surface area contributed by atoms with Gasteiger partial charge in [-0.05, 0) is 31.9 Å². The number of anilines is 1. The lowest BCUT2D eigenvalue weighted by Gasteiger charge is -2.09. The predicted octanol–water partition coefficient (Wildman–Crippen LogP) is 4.50. The number of carbonyl (C=O) groups is 1. The van der Waals surface area contributed by atoms with Gasteiger partial charge in [0.15, 0.2) is 5.16 Å². The molecule has 2 aromatic heterocycles. The van der Waals surface area contributed by atoms with Gasteiger partial charge >= 0.3 is 0 Å². The zero-order valence-corrected chi connectivity index (χ0v) is 17.9. The maximum atomic E-state index is 12.7. The van der Waals surface area contributed by atoms with E-state index in [-0.39, 0.29) is 11.7 Å². The Balaban J connectivity index is 1.37. The topological polar surface area (TPSA) is 77.6 Å². The molecule has 1 N–H and O–H groups in total. The smallest absolute Gasteiger partial charge is 0.236 e. The lowest BCUT2D eigenvalue weighted by molar-refractivity contribution is -0.113. The number of amides is 1. The van der Waals surface area contributed by atoms with Crippen LogP contribution in [0.5, 0.6) is 0 Å². The molecule has 1 saturated carbocycles. The van der Waals surface area contributed by atoms with E-state index in [9.17, 15) is 4.79 Å². The van der Waals surface area contributed by atoms with E-state index in [4.69, 9.17) is 5.10 Å². The Morgan fingerprint density at radius 1 is 1.13 bits per heavy atom. The van der Waals surface area contributed by atoms with Crippen LogP contribution in [0.3, 0.4) is 0 Å². The maximum Gasteiger partial charge on any atom is 0.236 e. The average molecular weight is 431 g/mol. The van der Waals surface area contributed by atoms with Crippen LogP contribution in [-0.2, 0) is 4.79 Å². The van der Waals surface area contributed by atoms with E-state index < -0.39 is 0 Å². The second kappa shape index (κ2) is 8.39. The molecule has 8 heteroatoms. The van der Waals surface area contributed by atoms with E-state index in [0.717, 1.165) is 34.9 Å². The first kappa shape index (κ1) is 19.6. The largest absolute Gasteiger partial charge is 0.310 e. The molecule has 1 aliphatic carbocycles.